The van der Waals surface area contributed by atoms with Crippen LogP contribution in [-0.4, -0.2) is 47.2 Å². The third kappa shape index (κ3) is 8.85. The van der Waals surface area contributed by atoms with Crippen LogP contribution in [0.3, 0.4) is 0 Å². The number of hydrogen-bond donors (Lipinski definition) is 2. The molecule has 1 heterocycles. The first-order chi connectivity index (χ1) is 24.4. The fraction of sp³-hybridized carbons (Fsp3) is 0.244. The summed E-state index contributed by atoms with van der Waals surface area (Å²) in [5, 5.41) is 22.7. The van der Waals surface area contributed by atoms with Gasteiger partial charge in [-0.05, 0) is 34.4 Å². The smallest absolute Gasteiger partial charge is 0.337 e. The summed E-state index contributed by atoms with van der Waals surface area (Å²) in [6.45, 7) is 0.812. The first kappa shape index (κ1) is 35.4. The lowest BCUT2D eigenvalue weighted by Gasteiger charge is -2.50. The molecule has 6 rings (SSSR count). The van der Waals surface area contributed by atoms with Crippen LogP contribution in [0.15, 0.2) is 140 Å². The van der Waals surface area contributed by atoms with E-state index in [4.69, 9.17) is 35.3 Å². The molecule has 9 heteroatoms. The van der Waals surface area contributed by atoms with Crippen LogP contribution in [0.5, 0.6) is 0 Å². The van der Waals surface area contributed by atoms with E-state index in [1.165, 1.54) is 18.2 Å². The van der Waals surface area contributed by atoms with Crippen LogP contribution in [0.4, 0.5) is 0 Å². The fourth-order valence-corrected chi connectivity index (χ4v) is 6.20. The van der Waals surface area contributed by atoms with Gasteiger partial charge in [-0.3, -0.25) is 0 Å². The average molecular weight is 695 g/mol. The van der Waals surface area contributed by atoms with Crippen molar-refractivity contribution in [1.29, 1.82) is 0 Å². The first-order valence-electron chi connectivity index (χ1n) is 16.4. The molecule has 0 aromatic heterocycles. The Hall–Kier alpha value is -4.38. The Labute approximate surface area is 296 Å². The van der Waals surface area contributed by atoms with E-state index in [0.29, 0.717) is 0 Å². The van der Waals surface area contributed by atoms with Gasteiger partial charge in [0.15, 0.2) is 0 Å². The lowest BCUT2D eigenvalue weighted by atomic mass is 9.86. The number of aromatic carboxylic acids is 1. The number of aliphatic hydroxyl groups is 1. The highest BCUT2D eigenvalue weighted by molar-refractivity contribution is 6.33. The van der Waals surface area contributed by atoms with Gasteiger partial charge in [0.25, 0.3) is 0 Å². The Morgan fingerprint density at radius 1 is 0.640 bits per heavy atom. The van der Waals surface area contributed by atoms with Crippen LogP contribution >= 0.6 is 11.6 Å². The Bertz CT molecular complexity index is 1790. The number of hydrogen-bond acceptors (Lipinski definition) is 7. The second kappa shape index (κ2) is 17.0. The molecule has 0 bridgehead atoms. The zero-order chi connectivity index (χ0) is 34.8. The number of rotatable bonds is 15. The van der Waals surface area contributed by atoms with E-state index in [2.05, 4.69) is 0 Å². The molecular formula is C41H39ClO8. The molecule has 50 heavy (non-hydrogen) atoms. The van der Waals surface area contributed by atoms with Crippen molar-refractivity contribution < 1.29 is 38.7 Å². The van der Waals surface area contributed by atoms with E-state index in [9.17, 15) is 15.0 Å². The second-order valence-electron chi connectivity index (χ2n) is 12.1. The molecule has 1 fully saturated rings. The molecule has 1 aliphatic rings. The van der Waals surface area contributed by atoms with E-state index < -0.39 is 36.2 Å². The quantitative estimate of drug-likeness (QED) is 0.116. The number of benzene rings is 5. The molecule has 3 unspecified atom stereocenters. The molecule has 1 aliphatic heterocycles. The molecule has 0 aliphatic carbocycles. The number of carbonyl (C=O) groups is 1. The van der Waals surface area contributed by atoms with Crippen molar-refractivity contribution in [3.05, 3.63) is 178 Å². The van der Waals surface area contributed by atoms with Crippen molar-refractivity contribution in [2.24, 2.45) is 0 Å². The molecule has 2 N–H and O–H groups in total. The third-order valence-corrected chi connectivity index (χ3v) is 8.88. The van der Waals surface area contributed by atoms with E-state index >= 15 is 0 Å². The Morgan fingerprint density at radius 3 is 1.60 bits per heavy atom. The van der Waals surface area contributed by atoms with Crippen LogP contribution in [0, 0.1) is 0 Å². The number of carboxylic acid groups (broad SMARTS) is 1. The summed E-state index contributed by atoms with van der Waals surface area (Å²) in [6, 6.07) is 42.9. The summed E-state index contributed by atoms with van der Waals surface area (Å²) in [4.78, 5) is 12.2. The van der Waals surface area contributed by atoms with Crippen molar-refractivity contribution in [3.63, 3.8) is 0 Å². The standard InChI is InChI=1S/C41H39ClO8/c42-35-22-21-33(23-34(35)40(43)44)41(45)39(49-27-32-19-11-4-12-20-32)38(48-26-31-17-9-3-10-18-31)37(47-25-30-15-7-2-8-16-30)36(50-41)28-46-24-29-13-5-1-6-14-29/h1-23,36-39,45H,24-28H2,(H,43,44)/t36?,37-,38?,39-,41?/m1/s1. The maximum Gasteiger partial charge on any atom is 0.337 e. The van der Waals surface area contributed by atoms with E-state index in [0.717, 1.165) is 22.3 Å². The minimum atomic E-state index is -2.21. The summed E-state index contributed by atoms with van der Waals surface area (Å²) >= 11 is 6.28. The highest BCUT2D eigenvalue weighted by Crippen LogP contribution is 2.42. The predicted molar refractivity (Wildman–Crippen MR) is 188 cm³/mol. The SMILES string of the molecule is O=C(O)c1cc(C2(O)OC(COCc3ccccc3)[C@@H](OCc3ccccc3)C(OCc3ccccc3)[C@H]2OCc2ccccc2)ccc1Cl. The average Bonchev–Trinajstić information content (AvgIpc) is 3.15. The summed E-state index contributed by atoms with van der Waals surface area (Å²) in [5.74, 6) is -3.46. The van der Waals surface area contributed by atoms with Crippen LogP contribution in [0.1, 0.15) is 38.2 Å². The lowest BCUT2D eigenvalue weighted by Crippen LogP contribution is -2.65. The van der Waals surface area contributed by atoms with E-state index in [1.54, 1.807) is 0 Å². The molecule has 0 saturated carbocycles. The van der Waals surface area contributed by atoms with Crippen molar-refractivity contribution in [2.75, 3.05) is 6.61 Å². The largest absolute Gasteiger partial charge is 0.478 e. The minimum absolute atomic E-state index is 0.0195. The summed E-state index contributed by atoms with van der Waals surface area (Å²) in [6.07, 6.45) is -3.79. The molecule has 0 spiro atoms. The van der Waals surface area contributed by atoms with Gasteiger partial charge < -0.3 is 33.9 Å². The number of halogens is 1. The van der Waals surface area contributed by atoms with Crippen molar-refractivity contribution in [3.8, 4) is 0 Å². The molecule has 0 radical (unpaired) electrons. The Kier molecular flexibility index (Phi) is 12.1. The fourth-order valence-electron chi connectivity index (χ4n) is 6.00. The number of carboxylic acids is 1. The van der Waals surface area contributed by atoms with Crippen molar-refractivity contribution in [1.82, 2.24) is 0 Å². The molecule has 0 amide bonds. The second-order valence-corrected chi connectivity index (χ2v) is 12.5. The van der Waals surface area contributed by atoms with Crippen molar-refractivity contribution >= 4 is 17.6 Å². The van der Waals surface area contributed by atoms with Crippen LogP contribution in [0.25, 0.3) is 0 Å². The molecule has 8 nitrogen and oxygen atoms in total. The van der Waals surface area contributed by atoms with Crippen molar-refractivity contribution in [2.45, 2.75) is 56.6 Å². The zero-order valence-electron chi connectivity index (χ0n) is 27.3. The summed E-state index contributed by atoms with van der Waals surface area (Å²) < 4.78 is 32.7. The minimum Gasteiger partial charge on any atom is -0.478 e. The Morgan fingerprint density at radius 2 is 1.10 bits per heavy atom. The molecule has 258 valence electrons. The van der Waals surface area contributed by atoms with Gasteiger partial charge in [0.05, 0.1) is 43.6 Å². The van der Waals surface area contributed by atoms with Gasteiger partial charge in [-0.2, -0.15) is 0 Å². The molecule has 1 saturated heterocycles. The maximum atomic E-state index is 12.8. The third-order valence-electron chi connectivity index (χ3n) is 8.55. The summed E-state index contributed by atoms with van der Waals surface area (Å²) in [7, 11) is 0. The highest BCUT2D eigenvalue weighted by atomic mass is 35.5. The first-order valence-corrected chi connectivity index (χ1v) is 16.8. The highest BCUT2D eigenvalue weighted by Gasteiger charge is 2.57. The molecular weight excluding hydrogens is 656 g/mol. The monoisotopic (exact) mass is 694 g/mol. The van der Waals surface area contributed by atoms with Gasteiger partial charge in [-0.1, -0.05) is 139 Å². The van der Waals surface area contributed by atoms with Gasteiger partial charge in [0.2, 0.25) is 5.79 Å². The van der Waals surface area contributed by atoms with Crippen LogP contribution in [0.2, 0.25) is 5.02 Å². The topological polar surface area (TPSA) is 104 Å². The van der Waals surface area contributed by atoms with Gasteiger partial charge in [-0.25, -0.2) is 4.79 Å². The van der Waals surface area contributed by atoms with E-state index in [-0.39, 0.29) is 49.2 Å². The molecule has 5 aromatic rings. The van der Waals surface area contributed by atoms with E-state index in [1.807, 2.05) is 121 Å². The lowest BCUT2D eigenvalue weighted by molar-refractivity contribution is -0.378. The number of ether oxygens (including phenoxy) is 5. The predicted octanol–water partition coefficient (Wildman–Crippen LogP) is 7.56. The molecule has 5 atom stereocenters. The van der Waals surface area contributed by atoms with Gasteiger partial charge in [0.1, 0.15) is 24.4 Å². The Balaban J connectivity index is 1.41. The van der Waals surface area contributed by atoms with Gasteiger partial charge in [0, 0.05) is 5.56 Å². The van der Waals surface area contributed by atoms with Gasteiger partial charge in [-0.15, -0.1) is 0 Å². The van der Waals surface area contributed by atoms with Crippen LogP contribution in [-0.2, 0) is 55.9 Å². The maximum absolute atomic E-state index is 12.8. The zero-order valence-corrected chi connectivity index (χ0v) is 28.1. The summed E-state index contributed by atoms with van der Waals surface area (Å²) in [5.41, 5.74) is 3.61. The van der Waals surface area contributed by atoms with Crippen LogP contribution < -0.4 is 0 Å². The normalized spacial score (nSPS) is 21.9. The molecule has 5 aromatic carbocycles. The van der Waals surface area contributed by atoms with Gasteiger partial charge >= 0.3 is 5.97 Å².